The van der Waals surface area contributed by atoms with Crippen LogP contribution in [0.3, 0.4) is 0 Å². The first-order valence-corrected chi connectivity index (χ1v) is 8.35. The molecule has 0 saturated carbocycles. The highest BCUT2D eigenvalue weighted by molar-refractivity contribution is 5.98. The van der Waals surface area contributed by atoms with E-state index in [1.165, 1.54) is 6.20 Å². The fourth-order valence-electron chi connectivity index (χ4n) is 3.08. The molecule has 1 aliphatic rings. The number of carbonyl (C=O) groups is 2. The van der Waals surface area contributed by atoms with Crippen LogP contribution in [0.2, 0.25) is 0 Å². The molecule has 1 aliphatic heterocycles. The summed E-state index contributed by atoms with van der Waals surface area (Å²) in [4.78, 5) is 29.7. The number of primary amides is 1. The Balaban J connectivity index is 1.93. The van der Waals surface area contributed by atoms with E-state index in [0.717, 1.165) is 44.5 Å². The molecule has 0 atom stereocenters. The molecule has 0 unspecified atom stereocenters. The Morgan fingerprint density at radius 1 is 1.35 bits per heavy atom. The summed E-state index contributed by atoms with van der Waals surface area (Å²) in [5, 5.41) is 3.37. The second-order valence-electron chi connectivity index (χ2n) is 6.04. The molecule has 0 spiro atoms. The van der Waals surface area contributed by atoms with Gasteiger partial charge in [0.05, 0.1) is 11.3 Å². The van der Waals surface area contributed by atoms with Crippen LogP contribution in [-0.2, 0) is 4.79 Å². The van der Waals surface area contributed by atoms with E-state index in [9.17, 15) is 9.59 Å². The van der Waals surface area contributed by atoms with Crippen molar-refractivity contribution in [2.45, 2.75) is 45.6 Å². The first-order valence-electron chi connectivity index (χ1n) is 8.35. The summed E-state index contributed by atoms with van der Waals surface area (Å²) in [6.07, 6.45) is 6.65. The van der Waals surface area contributed by atoms with Gasteiger partial charge in [-0.25, -0.2) is 0 Å². The van der Waals surface area contributed by atoms with Crippen LogP contribution in [0.15, 0.2) is 18.5 Å². The van der Waals surface area contributed by atoms with E-state index < -0.39 is 5.91 Å². The molecule has 1 aromatic heterocycles. The van der Waals surface area contributed by atoms with Gasteiger partial charge in [-0.15, -0.1) is 0 Å². The predicted octanol–water partition coefficient (Wildman–Crippen LogP) is 2.02. The lowest BCUT2D eigenvalue weighted by atomic mass is 9.98. The Morgan fingerprint density at radius 3 is 2.57 bits per heavy atom. The minimum atomic E-state index is -0.484. The maximum absolute atomic E-state index is 12.4. The van der Waals surface area contributed by atoms with Gasteiger partial charge >= 0.3 is 0 Å². The van der Waals surface area contributed by atoms with E-state index in [1.807, 2.05) is 4.90 Å². The summed E-state index contributed by atoms with van der Waals surface area (Å²) in [7, 11) is 0. The Kier molecular flexibility index (Phi) is 5.96. The van der Waals surface area contributed by atoms with Crippen LogP contribution in [0.25, 0.3) is 0 Å². The molecule has 6 heteroatoms. The third-order valence-electron chi connectivity index (χ3n) is 4.59. The minimum absolute atomic E-state index is 0.140. The number of pyridine rings is 1. The van der Waals surface area contributed by atoms with Gasteiger partial charge in [0, 0.05) is 37.4 Å². The van der Waals surface area contributed by atoms with Crippen molar-refractivity contribution in [2.75, 3.05) is 18.4 Å². The number of carbonyl (C=O) groups excluding carboxylic acids is 2. The van der Waals surface area contributed by atoms with Gasteiger partial charge in [0.1, 0.15) is 0 Å². The monoisotopic (exact) mass is 318 g/mol. The zero-order valence-electron chi connectivity index (χ0n) is 13.9. The highest BCUT2D eigenvalue weighted by Crippen LogP contribution is 2.21. The average molecular weight is 318 g/mol. The van der Waals surface area contributed by atoms with Crippen molar-refractivity contribution in [2.24, 2.45) is 11.7 Å². The summed E-state index contributed by atoms with van der Waals surface area (Å²) in [6, 6.07) is 2.00. The number of piperidine rings is 1. The highest BCUT2D eigenvalue weighted by atomic mass is 16.2. The number of nitrogens with one attached hydrogen (secondary N) is 1. The lowest BCUT2D eigenvalue weighted by Gasteiger charge is -2.34. The molecule has 0 aliphatic carbocycles. The predicted molar refractivity (Wildman–Crippen MR) is 90.1 cm³/mol. The van der Waals surface area contributed by atoms with E-state index in [-0.39, 0.29) is 17.9 Å². The molecule has 3 N–H and O–H groups in total. The zero-order chi connectivity index (χ0) is 16.8. The summed E-state index contributed by atoms with van der Waals surface area (Å²) in [5.41, 5.74) is 6.50. The molecular weight excluding hydrogens is 292 g/mol. The smallest absolute Gasteiger partial charge is 0.252 e. The SMILES string of the molecule is CCC(CC)C(=O)N1CCC(Nc2ccncc2C(N)=O)CC1. The molecule has 1 fully saturated rings. The summed E-state index contributed by atoms with van der Waals surface area (Å²) >= 11 is 0. The second kappa shape index (κ2) is 7.94. The molecular formula is C17H26N4O2. The van der Waals surface area contributed by atoms with Crippen molar-refractivity contribution in [3.05, 3.63) is 24.0 Å². The largest absolute Gasteiger partial charge is 0.381 e. The normalized spacial score (nSPS) is 15.7. The van der Waals surface area contributed by atoms with Gasteiger partial charge < -0.3 is 16.0 Å². The van der Waals surface area contributed by atoms with Crippen LogP contribution in [0, 0.1) is 5.92 Å². The molecule has 0 radical (unpaired) electrons. The summed E-state index contributed by atoms with van der Waals surface area (Å²) in [5.74, 6) is -0.0710. The number of hydrogen-bond donors (Lipinski definition) is 2. The van der Waals surface area contributed by atoms with Crippen LogP contribution >= 0.6 is 0 Å². The van der Waals surface area contributed by atoms with Gasteiger partial charge in [-0.05, 0) is 31.7 Å². The van der Waals surface area contributed by atoms with E-state index in [1.54, 1.807) is 12.3 Å². The van der Waals surface area contributed by atoms with Crippen molar-refractivity contribution >= 4 is 17.5 Å². The fourth-order valence-corrected chi connectivity index (χ4v) is 3.08. The van der Waals surface area contributed by atoms with Crippen LogP contribution in [-0.4, -0.2) is 40.8 Å². The van der Waals surface area contributed by atoms with Crippen molar-refractivity contribution < 1.29 is 9.59 Å². The first kappa shape index (κ1) is 17.2. The van der Waals surface area contributed by atoms with Gasteiger partial charge in [-0.1, -0.05) is 13.8 Å². The Bertz CT molecular complexity index is 549. The summed E-state index contributed by atoms with van der Waals surface area (Å²) in [6.45, 7) is 5.64. The van der Waals surface area contributed by atoms with E-state index >= 15 is 0 Å². The lowest BCUT2D eigenvalue weighted by Crippen LogP contribution is -2.44. The fraction of sp³-hybridized carbons (Fsp3) is 0.588. The van der Waals surface area contributed by atoms with E-state index in [2.05, 4.69) is 24.1 Å². The molecule has 6 nitrogen and oxygen atoms in total. The standard InChI is InChI=1S/C17H26N4O2/c1-3-12(4-2)17(23)21-9-6-13(7-10-21)20-15-5-8-19-11-14(15)16(18)22/h5,8,11-13H,3-4,6-7,9-10H2,1-2H3,(H2,18,22)(H,19,20). The van der Waals surface area contributed by atoms with E-state index in [4.69, 9.17) is 5.73 Å². The maximum atomic E-state index is 12.4. The molecule has 2 amide bonds. The van der Waals surface area contributed by atoms with Crippen LogP contribution in [0.1, 0.15) is 49.9 Å². The molecule has 126 valence electrons. The third-order valence-corrected chi connectivity index (χ3v) is 4.59. The number of nitrogens with two attached hydrogens (primary N) is 1. The molecule has 2 heterocycles. The number of anilines is 1. The average Bonchev–Trinajstić information content (AvgIpc) is 2.57. The number of likely N-dealkylation sites (tertiary alicyclic amines) is 1. The van der Waals surface area contributed by atoms with Crippen LogP contribution < -0.4 is 11.1 Å². The quantitative estimate of drug-likeness (QED) is 0.840. The molecule has 23 heavy (non-hydrogen) atoms. The van der Waals surface area contributed by atoms with Crippen LogP contribution in [0.5, 0.6) is 0 Å². The number of amides is 2. The van der Waals surface area contributed by atoms with Gasteiger partial charge in [0.2, 0.25) is 5.91 Å². The Labute approximate surface area is 137 Å². The molecule has 1 aromatic rings. The first-order chi connectivity index (χ1) is 11.1. The lowest BCUT2D eigenvalue weighted by molar-refractivity contribution is -0.136. The Hall–Kier alpha value is -2.11. The summed E-state index contributed by atoms with van der Waals surface area (Å²) < 4.78 is 0. The molecule has 1 saturated heterocycles. The molecule has 0 bridgehead atoms. The second-order valence-corrected chi connectivity index (χ2v) is 6.04. The van der Waals surface area contributed by atoms with Gasteiger partial charge in [0.15, 0.2) is 0 Å². The number of rotatable bonds is 6. The Morgan fingerprint density at radius 2 is 2.00 bits per heavy atom. The number of aromatic nitrogens is 1. The van der Waals surface area contributed by atoms with Crippen molar-refractivity contribution in [3.8, 4) is 0 Å². The highest BCUT2D eigenvalue weighted by Gasteiger charge is 2.26. The molecule has 0 aromatic carbocycles. The van der Waals surface area contributed by atoms with Crippen molar-refractivity contribution in [3.63, 3.8) is 0 Å². The zero-order valence-corrected chi connectivity index (χ0v) is 13.9. The van der Waals surface area contributed by atoms with Crippen LogP contribution in [0.4, 0.5) is 5.69 Å². The third kappa shape index (κ3) is 4.21. The number of hydrogen-bond acceptors (Lipinski definition) is 4. The molecule has 2 rings (SSSR count). The van der Waals surface area contributed by atoms with E-state index in [0.29, 0.717) is 5.56 Å². The van der Waals surface area contributed by atoms with Crippen molar-refractivity contribution in [1.29, 1.82) is 0 Å². The maximum Gasteiger partial charge on any atom is 0.252 e. The van der Waals surface area contributed by atoms with Crippen molar-refractivity contribution in [1.82, 2.24) is 9.88 Å². The number of nitrogens with zero attached hydrogens (tertiary/aromatic N) is 2. The van der Waals surface area contributed by atoms with Gasteiger partial charge in [-0.2, -0.15) is 0 Å². The van der Waals surface area contributed by atoms with Gasteiger partial charge in [0.25, 0.3) is 5.91 Å². The minimum Gasteiger partial charge on any atom is -0.381 e. The van der Waals surface area contributed by atoms with Gasteiger partial charge in [-0.3, -0.25) is 14.6 Å². The topological polar surface area (TPSA) is 88.3 Å².